The third kappa shape index (κ3) is 3.47. The number of nitrogens with zero attached hydrogens (tertiary/aromatic N) is 2. The minimum atomic E-state index is 0.621. The fraction of sp³-hybridized carbons (Fsp3) is 0.0833. The van der Waals surface area contributed by atoms with Gasteiger partial charge in [-0.25, -0.2) is 9.98 Å². The lowest BCUT2D eigenvalue weighted by Gasteiger charge is -2.07. The van der Waals surface area contributed by atoms with Gasteiger partial charge in [0.15, 0.2) is 0 Å². The number of ether oxygens (including phenoxy) is 1. The zero-order valence-electron chi connectivity index (χ0n) is 16.3. The summed E-state index contributed by atoms with van der Waals surface area (Å²) in [4.78, 5) is 9.56. The molecule has 148 valence electrons. The summed E-state index contributed by atoms with van der Waals surface area (Å²) < 4.78 is 12.7. The molecule has 0 saturated heterocycles. The maximum absolute atomic E-state index is 6.42. The van der Waals surface area contributed by atoms with Gasteiger partial charge in [0, 0.05) is 17.0 Å². The van der Waals surface area contributed by atoms with Gasteiger partial charge in [0.25, 0.3) is 0 Å². The molecule has 0 atom stereocenters. The first-order valence-corrected chi connectivity index (χ1v) is 10.6. The van der Waals surface area contributed by atoms with Crippen molar-refractivity contribution in [3.63, 3.8) is 0 Å². The molecule has 5 aromatic rings. The Morgan fingerprint density at radius 3 is 2.73 bits per heavy atom. The molecular weight excluding hydrogens is 416 g/mol. The molecule has 5 rings (SSSR count). The van der Waals surface area contributed by atoms with E-state index in [-0.39, 0.29) is 0 Å². The number of hydrogen-bond donors (Lipinski definition) is 0. The van der Waals surface area contributed by atoms with Crippen LogP contribution in [0.5, 0.6) is 5.75 Å². The van der Waals surface area contributed by atoms with Crippen molar-refractivity contribution in [2.45, 2.75) is 6.92 Å². The van der Waals surface area contributed by atoms with E-state index in [2.05, 4.69) is 24.0 Å². The van der Waals surface area contributed by atoms with Crippen molar-refractivity contribution in [3.8, 4) is 17.1 Å². The molecule has 0 aliphatic rings. The van der Waals surface area contributed by atoms with Gasteiger partial charge in [-0.3, -0.25) is 0 Å². The van der Waals surface area contributed by atoms with Gasteiger partial charge in [0.05, 0.1) is 27.7 Å². The van der Waals surface area contributed by atoms with Crippen molar-refractivity contribution >= 4 is 49.3 Å². The third-order valence-electron chi connectivity index (χ3n) is 4.84. The average molecular weight is 433 g/mol. The van der Waals surface area contributed by atoms with Crippen LogP contribution in [0.3, 0.4) is 0 Å². The quantitative estimate of drug-likeness (QED) is 0.311. The maximum Gasteiger partial charge on any atom is 0.210 e. The Bertz CT molecular complexity index is 1470. The van der Waals surface area contributed by atoms with Crippen LogP contribution >= 0.6 is 22.9 Å². The Labute approximate surface area is 182 Å². The largest absolute Gasteiger partial charge is 0.497 e. The SMILES string of the molecule is COc1ccc2oc(-c3ccccc3Cl)cc(=Nc3nc4ccc(C)cc4s3)c2c1. The van der Waals surface area contributed by atoms with Gasteiger partial charge >= 0.3 is 0 Å². The molecule has 6 heteroatoms. The van der Waals surface area contributed by atoms with E-state index in [4.69, 9.17) is 25.7 Å². The Morgan fingerprint density at radius 2 is 1.90 bits per heavy atom. The van der Waals surface area contributed by atoms with Crippen molar-refractivity contribution in [2.75, 3.05) is 7.11 Å². The number of methoxy groups -OCH3 is 1. The summed E-state index contributed by atoms with van der Waals surface area (Å²) in [6.07, 6.45) is 0. The first kappa shape index (κ1) is 18.9. The first-order chi connectivity index (χ1) is 14.6. The van der Waals surface area contributed by atoms with Crippen molar-refractivity contribution in [1.29, 1.82) is 0 Å². The number of rotatable bonds is 3. The molecule has 30 heavy (non-hydrogen) atoms. The second kappa shape index (κ2) is 7.59. The van der Waals surface area contributed by atoms with Crippen molar-refractivity contribution in [1.82, 2.24) is 4.98 Å². The fourth-order valence-corrected chi connectivity index (χ4v) is 4.51. The summed E-state index contributed by atoms with van der Waals surface area (Å²) in [6, 6.07) is 21.4. The van der Waals surface area contributed by atoms with Crippen LogP contribution in [-0.2, 0) is 0 Å². The molecule has 2 aromatic heterocycles. The predicted molar refractivity (Wildman–Crippen MR) is 123 cm³/mol. The smallest absolute Gasteiger partial charge is 0.210 e. The lowest BCUT2D eigenvalue weighted by molar-refractivity contribution is 0.415. The molecule has 0 amide bonds. The van der Waals surface area contributed by atoms with E-state index in [1.807, 2.05) is 54.6 Å². The first-order valence-electron chi connectivity index (χ1n) is 9.39. The van der Waals surface area contributed by atoms with E-state index < -0.39 is 0 Å². The minimum absolute atomic E-state index is 0.621. The molecular formula is C24H17ClN2O2S. The predicted octanol–water partition coefficient (Wildman–Crippen LogP) is 6.91. The Kier molecular flexibility index (Phi) is 4.77. The average Bonchev–Trinajstić information content (AvgIpc) is 3.15. The number of aromatic nitrogens is 1. The summed E-state index contributed by atoms with van der Waals surface area (Å²) in [5.41, 5.74) is 3.66. The number of hydrogen-bond acceptors (Lipinski definition) is 5. The number of halogens is 1. The number of thiazole rings is 1. The van der Waals surface area contributed by atoms with Gasteiger partial charge in [-0.15, -0.1) is 0 Å². The summed E-state index contributed by atoms with van der Waals surface area (Å²) in [5, 5.41) is 2.91. The van der Waals surface area contributed by atoms with Crippen LogP contribution in [0, 0.1) is 6.92 Å². The van der Waals surface area contributed by atoms with Crippen LogP contribution in [0.25, 0.3) is 32.5 Å². The molecule has 0 N–H and O–H groups in total. The van der Waals surface area contributed by atoms with E-state index >= 15 is 0 Å². The van der Waals surface area contributed by atoms with Gasteiger partial charge in [0.1, 0.15) is 17.1 Å². The second-order valence-electron chi connectivity index (χ2n) is 6.92. The van der Waals surface area contributed by atoms with Crippen LogP contribution in [0.1, 0.15) is 5.56 Å². The van der Waals surface area contributed by atoms with Crippen LogP contribution in [0.2, 0.25) is 5.02 Å². The highest BCUT2D eigenvalue weighted by Gasteiger charge is 2.11. The highest BCUT2D eigenvalue weighted by Crippen LogP contribution is 2.31. The normalized spacial score (nSPS) is 12.0. The Hall–Kier alpha value is -3.15. The van der Waals surface area contributed by atoms with E-state index in [1.165, 1.54) is 5.56 Å². The molecule has 0 aliphatic heterocycles. The molecule has 0 bridgehead atoms. The third-order valence-corrected chi connectivity index (χ3v) is 6.08. The minimum Gasteiger partial charge on any atom is -0.497 e. The summed E-state index contributed by atoms with van der Waals surface area (Å²) >= 11 is 7.98. The molecule has 0 fully saturated rings. The topological polar surface area (TPSA) is 47.6 Å². The summed E-state index contributed by atoms with van der Waals surface area (Å²) in [5.74, 6) is 1.38. The maximum atomic E-state index is 6.42. The standard InChI is InChI=1S/C24H17ClN2O2S/c1-14-7-9-19-23(11-14)30-24(26-19)27-20-13-22(16-5-3-4-6-18(16)25)29-21-10-8-15(28-2)12-17(20)21/h3-13H,1-2H3. The molecule has 0 radical (unpaired) electrons. The highest BCUT2D eigenvalue weighted by atomic mass is 35.5. The van der Waals surface area contributed by atoms with Crippen LogP contribution < -0.4 is 10.1 Å². The van der Waals surface area contributed by atoms with Crippen molar-refractivity contribution in [2.24, 2.45) is 4.99 Å². The van der Waals surface area contributed by atoms with Gasteiger partial charge in [0.2, 0.25) is 5.13 Å². The van der Waals surface area contributed by atoms with Crippen molar-refractivity contribution in [3.05, 3.63) is 82.7 Å². The van der Waals surface area contributed by atoms with Gasteiger partial charge in [-0.1, -0.05) is 41.1 Å². The molecule has 3 aromatic carbocycles. The van der Waals surface area contributed by atoms with Crippen LogP contribution in [0.15, 0.2) is 76.1 Å². The van der Waals surface area contributed by atoms with E-state index in [0.717, 1.165) is 32.3 Å². The number of benzene rings is 3. The van der Waals surface area contributed by atoms with E-state index in [9.17, 15) is 0 Å². The zero-order valence-corrected chi connectivity index (χ0v) is 17.9. The molecule has 2 heterocycles. The van der Waals surface area contributed by atoms with Gasteiger partial charge in [-0.05, 0) is 55.0 Å². The van der Waals surface area contributed by atoms with Gasteiger partial charge < -0.3 is 9.15 Å². The summed E-state index contributed by atoms with van der Waals surface area (Å²) in [7, 11) is 1.64. The Balaban J connectivity index is 1.79. The molecule has 0 saturated carbocycles. The lowest BCUT2D eigenvalue weighted by atomic mass is 10.1. The number of fused-ring (bicyclic) bond motifs is 2. The number of aryl methyl sites for hydroxylation is 1. The molecule has 4 nitrogen and oxygen atoms in total. The lowest BCUT2D eigenvalue weighted by Crippen LogP contribution is -2.03. The molecule has 0 spiro atoms. The highest BCUT2D eigenvalue weighted by molar-refractivity contribution is 7.21. The van der Waals surface area contributed by atoms with Crippen LogP contribution in [0.4, 0.5) is 5.13 Å². The molecule has 0 unspecified atom stereocenters. The van der Waals surface area contributed by atoms with Gasteiger partial charge in [-0.2, -0.15) is 0 Å². The van der Waals surface area contributed by atoms with Crippen LogP contribution in [-0.4, -0.2) is 12.1 Å². The molecule has 0 aliphatic carbocycles. The van der Waals surface area contributed by atoms with E-state index in [0.29, 0.717) is 21.5 Å². The van der Waals surface area contributed by atoms with Crippen molar-refractivity contribution < 1.29 is 9.15 Å². The summed E-state index contributed by atoms with van der Waals surface area (Å²) in [6.45, 7) is 2.07. The fourth-order valence-electron chi connectivity index (χ4n) is 3.33. The van der Waals surface area contributed by atoms with E-state index in [1.54, 1.807) is 18.4 Å². The Morgan fingerprint density at radius 1 is 1.03 bits per heavy atom. The second-order valence-corrected chi connectivity index (χ2v) is 8.33. The monoisotopic (exact) mass is 432 g/mol. The zero-order chi connectivity index (χ0) is 20.7.